The van der Waals surface area contributed by atoms with Crippen LogP contribution in [0, 0.1) is 0 Å². The number of nitrogens with one attached hydrogen (secondary N) is 1. The van der Waals surface area contributed by atoms with E-state index >= 15 is 0 Å². The Labute approximate surface area is 185 Å². The van der Waals surface area contributed by atoms with E-state index < -0.39 is 15.9 Å². The number of rotatable bonds is 7. The van der Waals surface area contributed by atoms with Crippen LogP contribution >= 0.6 is 15.9 Å². The molecule has 3 aromatic rings. The van der Waals surface area contributed by atoms with Gasteiger partial charge < -0.3 is 5.32 Å². The molecule has 0 saturated carbocycles. The Hall–Kier alpha value is -2.64. The second kappa shape index (κ2) is 9.45. The van der Waals surface area contributed by atoms with Crippen molar-refractivity contribution in [2.45, 2.75) is 24.7 Å². The molecule has 0 bridgehead atoms. The predicted molar refractivity (Wildman–Crippen MR) is 124 cm³/mol. The van der Waals surface area contributed by atoms with Crippen LogP contribution in [-0.4, -0.2) is 20.9 Å². The van der Waals surface area contributed by atoms with Gasteiger partial charge in [-0.1, -0.05) is 66.2 Å². The van der Waals surface area contributed by atoms with Gasteiger partial charge in [0.05, 0.1) is 10.6 Å². The Kier molecular flexibility index (Phi) is 6.95. The van der Waals surface area contributed by atoms with Gasteiger partial charge in [-0.3, -0.25) is 9.10 Å². The highest BCUT2D eigenvalue weighted by Gasteiger charge is 2.27. The van der Waals surface area contributed by atoms with Gasteiger partial charge in [0.1, 0.15) is 6.54 Å². The summed E-state index contributed by atoms with van der Waals surface area (Å²) in [5.41, 5.74) is 2.09. The molecule has 0 aliphatic carbocycles. The summed E-state index contributed by atoms with van der Waals surface area (Å²) in [5, 5.41) is 2.87. The molecule has 0 aliphatic rings. The van der Waals surface area contributed by atoms with Crippen molar-refractivity contribution in [1.82, 2.24) is 0 Å². The first kappa shape index (κ1) is 22.1. The summed E-state index contributed by atoms with van der Waals surface area (Å²) >= 11 is 3.36. The van der Waals surface area contributed by atoms with Crippen molar-refractivity contribution < 1.29 is 13.2 Å². The maximum atomic E-state index is 13.3. The minimum absolute atomic E-state index is 0.128. The van der Waals surface area contributed by atoms with E-state index in [4.69, 9.17) is 0 Å². The molecular weight excluding hydrogens is 464 g/mol. The number of benzene rings is 3. The number of carbonyl (C=O) groups excluding carboxylic acids is 1. The molecule has 156 valence electrons. The second-order valence-corrected chi connectivity index (χ2v) is 9.87. The Balaban J connectivity index is 1.94. The molecule has 0 atom stereocenters. The van der Waals surface area contributed by atoms with E-state index in [0.717, 1.165) is 14.3 Å². The summed E-state index contributed by atoms with van der Waals surface area (Å²) in [6.45, 7) is 3.74. The van der Waals surface area contributed by atoms with Gasteiger partial charge in [0.2, 0.25) is 5.91 Å². The molecule has 0 spiro atoms. The largest absolute Gasteiger partial charge is 0.324 e. The molecule has 0 saturated heterocycles. The van der Waals surface area contributed by atoms with E-state index in [2.05, 4.69) is 21.2 Å². The Bertz CT molecular complexity index is 1110. The number of nitrogens with zero attached hydrogens (tertiary/aromatic N) is 1. The lowest BCUT2D eigenvalue weighted by atomic mass is 10.0. The van der Waals surface area contributed by atoms with Gasteiger partial charge in [-0.15, -0.1) is 0 Å². The van der Waals surface area contributed by atoms with Crippen LogP contribution in [0.5, 0.6) is 0 Å². The summed E-state index contributed by atoms with van der Waals surface area (Å²) in [5.74, 6) is -0.192. The summed E-state index contributed by atoms with van der Waals surface area (Å²) < 4.78 is 28.6. The lowest BCUT2D eigenvalue weighted by Gasteiger charge is -2.24. The predicted octanol–water partition coefficient (Wildman–Crippen LogP) is 5.41. The standard InChI is InChI=1S/C23H23BrN2O3S/c1-17(2)21-10-6-7-11-22(21)25-23(27)16-26(19-14-12-18(24)13-15-19)30(28,29)20-8-4-3-5-9-20/h3-15,17H,16H2,1-2H3,(H,25,27). The molecule has 3 aromatic carbocycles. The third kappa shape index (κ3) is 5.09. The monoisotopic (exact) mass is 486 g/mol. The average molecular weight is 487 g/mol. The van der Waals surface area contributed by atoms with Crippen LogP contribution in [-0.2, 0) is 14.8 Å². The molecule has 0 aliphatic heterocycles. The zero-order valence-electron chi connectivity index (χ0n) is 16.7. The Morgan fingerprint density at radius 1 is 0.933 bits per heavy atom. The van der Waals surface area contributed by atoms with Crippen LogP contribution in [0.15, 0.2) is 88.2 Å². The minimum atomic E-state index is -3.92. The number of carbonyl (C=O) groups is 1. The fourth-order valence-corrected chi connectivity index (χ4v) is 4.78. The molecule has 0 radical (unpaired) electrons. The summed E-state index contributed by atoms with van der Waals surface area (Å²) in [6, 6.07) is 22.5. The first-order valence-corrected chi connectivity index (χ1v) is 11.7. The molecular formula is C23H23BrN2O3S. The highest BCUT2D eigenvalue weighted by atomic mass is 79.9. The van der Waals surface area contributed by atoms with Crippen LogP contribution in [0.3, 0.4) is 0 Å². The fraction of sp³-hybridized carbons (Fsp3) is 0.174. The molecule has 7 heteroatoms. The highest BCUT2D eigenvalue weighted by Crippen LogP contribution is 2.27. The van der Waals surface area contributed by atoms with Crippen LogP contribution in [0.25, 0.3) is 0 Å². The fourth-order valence-electron chi connectivity index (χ4n) is 3.08. The lowest BCUT2D eigenvalue weighted by Crippen LogP contribution is -2.38. The zero-order valence-corrected chi connectivity index (χ0v) is 19.2. The smallest absolute Gasteiger partial charge is 0.264 e. The van der Waals surface area contributed by atoms with Gasteiger partial charge in [-0.2, -0.15) is 0 Å². The number of anilines is 2. The molecule has 0 fully saturated rings. The van der Waals surface area contributed by atoms with Gasteiger partial charge >= 0.3 is 0 Å². The number of halogens is 1. The molecule has 1 amide bonds. The second-order valence-electron chi connectivity index (χ2n) is 7.09. The van der Waals surface area contributed by atoms with Crippen LogP contribution in [0.4, 0.5) is 11.4 Å². The van der Waals surface area contributed by atoms with E-state index in [9.17, 15) is 13.2 Å². The van der Waals surface area contributed by atoms with Crippen LogP contribution in [0.2, 0.25) is 0 Å². The zero-order chi connectivity index (χ0) is 21.7. The molecule has 0 unspecified atom stereocenters. The average Bonchev–Trinajstić information content (AvgIpc) is 2.73. The number of hydrogen-bond donors (Lipinski definition) is 1. The van der Waals surface area contributed by atoms with Gasteiger partial charge in [-0.05, 0) is 53.9 Å². The number of para-hydroxylation sites is 1. The first-order chi connectivity index (χ1) is 14.3. The molecule has 1 N–H and O–H groups in total. The number of sulfonamides is 1. The summed E-state index contributed by atoms with van der Waals surface area (Å²) in [4.78, 5) is 13.0. The van der Waals surface area contributed by atoms with E-state index in [1.165, 1.54) is 12.1 Å². The summed E-state index contributed by atoms with van der Waals surface area (Å²) in [6.07, 6.45) is 0. The van der Waals surface area contributed by atoms with Crippen molar-refractivity contribution in [2.24, 2.45) is 0 Å². The van der Waals surface area contributed by atoms with E-state index in [-0.39, 0.29) is 17.4 Å². The van der Waals surface area contributed by atoms with Crippen molar-refractivity contribution in [3.05, 3.63) is 88.9 Å². The van der Waals surface area contributed by atoms with Crippen molar-refractivity contribution in [1.29, 1.82) is 0 Å². The maximum Gasteiger partial charge on any atom is 0.264 e. The molecule has 3 rings (SSSR count). The van der Waals surface area contributed by atoms with Crippen LogP contribution < -0.4 is 9.62 Å². The van der Waals surface area contributed by atoms with Gasteiger partial charge in [-0.25, -0.2) is 8.42 Å². The van der Waals surface area contributed by atoms with Gasteiger partial charge in [0.15, 0.2) is 0 Å². The van der Waals surface area contributed by atoms with Gasteiger partial charge in [0.25, 0.3) is 10.0 Å². The van der Waals surface area contributed by atoms with Gasteiger partial charge in [0, 0.05) is 10.2 Å². The molecule has 0 aromatic heterocycles. The topological polar surface area (TPSA) is 66.5 Å². The van der Waals surface area contributed by atoms with Crippen LogP contribution in [0.1, 0.15) is 25.3 Å². The Morgan fingerprint density at radius 3 is 2.17 bits per heavy atom. The van der Waals surface area contributed by atoms with E-state index in [1.54, 1.807) is 42.5 Å². The highest BCUT2D eigenvalue weighted by molar-refractivity contribution is 9.10. The minimum Gasteiger partial charge on any atom is -0.324 e. The quantitative estimate of drug-likeness (QED) is 0.485. The van der Waals surface area contributed by atoms with Crippen molar-refractivity contribution in [2.75, 3.05) is 16.2 Å². The summed E-state index contributed by atoms with van der Waals surface area (Å²) in [7, 11) is -3.92. The van der Waals surface area contributed by atoms with Crippen molar-refractivity contribution in [3.8, 4) is 0 Å². The third-order valence-corrected chi connectivity index (χ3v) is 6.91. The van der Waals surface area contributed by atoms with E-state index in [1.807, 2.05) is 38.1 Å². The number of amides is 1. The molecule has 0 heterocycles. The molecule has 5 nitrogen and oxygen atoms in total. The third-order valence-electron chi connectivity index (χ3n) is 4.59. The molecule has 30 heavy (non-hydrogen) atoms. The van der Waals surface area contributed by atoms with Crippen molar-refractivity contribution in [3.63, 3.8) is 0 Å². The SMILES string of the molecule is CC(C)c1ccccc1NC(=O)CN(c1ccc(Br)cc1)S(=O)(=O)c1ccccc1. The van der Waals surface area contributed by atoms with E-state index in [0.29, 0.717) is 11.4 Å². The Morgan fingerprint density at radius 2 is 1.53 bits per heavy atom. The normalized spacial score (nSPS) is 11.3. The first-order valence-electron chi connectivity index (χ1n) is 9.51. The maximum absolute atomic E-state index is 13.3. The number of hydrogen-bond acceptors (Lipinski definition) is 3. The lowest BCUT2D eigenvalue weighted by molar-refractivity contribution is -0.114. The van der Waals surface area contributed by atoms with Crippen molar-refractivity contribution >= 4 is 43.2 Å².